The number of fused-ring (bicyclic) bond motifs is 2. The van der Waals surface area contributed by atoms with Gasteiger partial charge >= 0.3 is 0 Å². The maximum atomic E-state index is 13.0. The Morgan fingerprint density at radius 1 is 1.17 bits per heavy atom. The average molecular weight is 393 g/mol. The van der Waals surface area contributed by atoms with Crippen LogP contribution in [0.4, 0.5) is 11.6 Å². The molecule has 0 spiro atoms. The monoisotopic (exact) mass is 392 g/mol. The van der Waals surface area contributed by atoms with Crippen molar-refractivity contribution in [3.05, 3.63) is 47.3 Å². The highest BCUT2D eigenvalue weighted by molar-refractivity contribution is 5.84. The van der Waals surface area contributed by atoms with Crippen molar-refractivity contribution >= 4 is 17.5 Å². The average Bonchev–Trinajstić information content (AvgIpc) is 3.10. The Bertz CT molecular complexity index is 910. The highest BCUT2D eigenvalue weighted by Gasteiger charge is 2.33. The number of hydrogen-bond acceptors (Lipinski definition) is 6. The maximum absolute atomic E-state index is 13.0. The first kappa shape index (κ1) is 18.4. The molecule has 2 unspecified atom stereocenters. The fraction of sp³-hybridized carbons (Fsp3) is 0.500. The first-order chi connectivity index (χ1) is 14.2. The predicted molar refractivity (Wildman–Crippen MR) is 113 cm³/mol. The molecule has 1 amide bonds. The van der Waals surface area contributed by atoms with E-state index in [2.05, 4.69) is 44.9 Å². The second kappa shape index (κ2) is 7.63. The molecule has 0 bridgehead atoms. The van der Waals surface area contributed by atoms with Gasteiger partial charge in [0.05, 0.1) is 24.7 Å². The maximum Gasteiger partial charge on any atom is 0.242 e. The third-order valence-electron chi connectivity index (χ3n) is 6.46. The Labute approximate surface area is 171 Å². The molecule has 2 aliphatic heterocycles. The topological polar surface area (TPSA) is 73.4 Å². The molecule has 5 rings (SSSR count). The van der Waals surface area contributed by atoms with E-state index in [1.807, 2.05) is 16.8 Å². The van der Waals surface area contributed by atoms with Gasteiger partial charge in [0.15, 0.2) is 0 Å². The number of aryl methyl sites for hydroxylation is 1. The summed E-state index contributed by atoms with van der Waals surface area (Å²) in [7, 11) is 1.95. The number of nitrogens with one attached hydrogen (secondary N) is 2. The lowest BCUT2D eigenvalue weighted by Crippen LogP contribution is -2.49. The standard InChI is InChI=1S/C22H28N6O/c1-27-13-20(29)28(16-6-4-10-23-11-16)12-18-21(24-14-25-22(18)27)26-19-9-8-15-5-2-3-7-17(15)19/h2-3,5,7,14,16,19,23H,4,6,8-13H2,1H3,(H,24,25,26). The predicted octanol–water partition coefficient (Wildman–Crippen LogP) is 2.11. The molecule has 2 atom stereocenters. The number of hydrogen-bond donors (Lipinski definition) is 2. The number of anilines is 2. The highest BCUT2D eigenvalue weighted by atomic mass is 16.2. The van der Waals surface area contributed by atoms with Crippen LogP contribution < -0.4 is 15.5 Å². The van der Waals surface area contributed by atoms with E-state index in [4.69, 9.17) is 0 Å². The number of rotatable bonds is 3. The van der Waals surface area contributed by atoms with Crippen molar-refractivity contribution < 1.29 is 4.79 Å². The fourth-order valence-corrected chi connectivity index (χ4v) is 4.93. The van der Waals surface area contributed by atoms with Crippen LogP contribution in [0.3, 0.4) is 0 Å². The van der Waals surface area contributed by atoms with E-state index in [0.29, 0.717) is 13.1 Å². The van der Waals surface area contributed by atoms with Crippen molar-refractivity contribution in [2.75, 3.05) is 36.9 Å². The molecule has 1 aliphatic carbocycles. The smallest absolute Gasteiger partial charge is 0.242 e. The first-order valence-corrected chi connectivity index (χ1v) is 10.6. The van der Waals surface area contributed by atoms with Gasteiger partial charge < -0.3 is 20.4 Å². The Kier molecular flexibility index (Phi) is 4.83. The van der Waals surface area contributed by atoms with Gasteiger partial charge in [-0.2, -0.15) is 0 Å². The fourth-order valence-electron chi connectivity index (χ4n) is 4.93. The first-order valence-electron chi connectivity index (χ1n) is 10.6. The van der Waals surface area contributed by atoms with Crippen molar-refractivity contribution in [3.8, 4) is 0 Å². The van der Waals surface area contributed by atoms with Gasteiger partial charge in [-0.25, -0.2) is 9.97 Å². The Morgan fingerprint density at radius 2 is 2.07 bits per heavy atom. The number of likely N-dealkylation sites (N-methyl/N-ethyl adjacent to an activating group) is 1. The molecule has 152 valence electrons. The molecule has 1 aromatic heterocycles. The summed E-state index contributed by atoms with van der Waals surface area (Å²) in [6.07, 6.45) is 5.90. The molecule has 7 nitrogen and oxygen atoms in total. The lowest BCUT2D eigenvalue weighted by molar-refractivity contribution is -0.132. The van der Waals surface area contributed by atoms with E-state index >= 15 is 0 Å². The van der Waals surface area contributed by atoms with Gasteiger partial charge in [0.2, 0.25) is 5.91 Å². The van der Waals surface area contributed by atoms with Crippen LogP contribution >= 0.6 is 0 Å². The zero-order valence-electron chi connectivity index (χ0n) is 16.9. The van der Waals surface area contributed by atoms with Gasteiger partial charge in [0, 0.05) is 19.6 Å². The highest BCUT2D eigenvalue weighted by Crippen LogP contribution is 2.36. The summed E-state index contributed by atoms with van der Waals surface area (Å²) in [6.45, 7) is 2.80. The van der Waals surface area contributed by atoms with E-state index < -0.39 is 0 Å². The van der Waals surface area contributed by atoms with Gasteiger partial charge in [-0.1, -0.05) is 24.3 Å². The normalized spacial score (nSPS) is 24.1. The minimum atomic E-state index is 0.163. The Morgan fingerprint density at radius 3 is 2.93 bits per heavy atom. The van der Waals surface area contributed by atoms with Crippen LogP contribution in [0, 0.1) is 0 Å². The van der Waals surface area contributed by atoms with Gasteiger partial charge in [0.1, 0.15) is 18.0 Å². The second-order valence-electron chi connectivity index (χ2n) is 8.34. The lowest BCUT2D eigenvalue weighted by Gasteiger charge is -2.34. The molecule has 2 N–H and O–H groups in total. The Hall–Kier alpha value is -2.67. The van der Waals surface area contributed by atoms with Crippen LogP contribution in [0.1, 0.15) is 42.0 Å². The number of aromatic nitrogens is 2. The number of carbonyl (C=O) groups is 1. The van der Waals surface area contributed by atoms with Crippen LogP contribution in [-0.2, 0) is 17.8 Å². The molecule has 2 aromatic rings. The summed E-state index contributed by atoms with van der Waals surface area (Å²) >= 11 is 0. The minimum Gasteiger partial charge on any atom is -0.363 e. The number of nitrogens with zero attached hydrogens (tertiary/aromatic N) is 4. The molecular weight excluding hydrogens is 364 g/mol. The Balaban J connectivity index is 1.47. The zero-order valence-corrected chi connectivity index (χ0v) is 16.9. The van der Waals surface area contributed by atoms with Gasteiger partial charge in [0.25, 0.3) is 0 Å². The van der Waals surface area contributed by atoms with Crippen LogP contribution in [0.5, 0.6) is 0 Å². The summed E-state index contributed by atoms with van der Waals surface area (Å²) in [5, 5.41) is 7.12. The van der Waals surface area contributed by atoms with E-state index in [1.54, 1.807) is 6.33 Å². The number of carbonyl (C=O) groups excluding carboxylic acids is 1. The summed E-state index contributed by atoms with van der Waals surface area (Å²) < 4.78 is 0. The SMILES string of the molecule is CN1CC(=O)N(C2CCCNC2)Cc2c(NC3CCc4ccccc43)ncnc21. The molecule has 0 radical (unpaired) electrons. The van der Waals surface area contributed by atoms with E-state index in [1.165, 1.54) is 11.1 Å². The van der Waals surface area contributed by atoms with Crippen molar-refractivity contribution in [2.24, 2.45) is 0 Å². The quantitative estimate of drug-likeness (QED) is 0.834. The zero-order chi connectivity index (χ0) is 19.8. The minimum absolute atomic E-state index is 0.163. The van der Waals surface area contributed by atoms with Crippen LogP contribution in [0.25, 0.3) is 0 Å². The number of piperidine rings is 1. The summed E-state index contributed by atoms with van der Waals surface area (Å²) in [5.41, 5.74) is 3.79. The summed E-state index contributed by atoms with van der Waals surface area (Å²) in [4.78, 5) is 26.1. The van der Waals surface area contributed by atoms with Crippen molar-refractivity contribution in [1.29, 1.82) is 0 Å². The molecule has 7 heteroatoms. The van der Waals surface area contributed by atoms with Crippen molar-refractivity contribution in [3.63, 3.8) is 0 Å². The van der Waals surface area contributed by atoms with Gasteiger partial charge in [-0.05, 0) is 43.4 Å². The number of benzene rings is 1. The van der Waals surface area contributed by atoms with Gasteiger partial charge in [-0.3, -0.25) is 4.79 Å². The van der Waals surface area contributed by atoms with Crippen LogP contribution in [-0.4, -0.2) is 53.5 Å². The molecule has 0 saturated carbocycles. The van der Waals surface area contributed by atoms with E-state index in [-0.39, 0.29) is 18.0 Å². The molecule has 1 saturated heterocycles. The molecule has 29 heavy (non-hydrogen) atoms. The lowest BCUT2D eigenvalue weighted by atomic mass is 10.0. The van der Waals surface area contributed by atoms with Crippen molar-refractivity contribution in [2.45, 2.75) is 44.3 Å². The van der Waals surface area contributed by atoms with E-state index in [9.17, 15) is 4.79 Å². The molecule has 3 heterocycles. The largest absolute Gasteiger partial charge is 0.363 e. The summed E-state index contributed by atoms with van der Waals surface area (Å²) in [6, 6.07) is 9.10. The third kappa shape index (κ3) is 3.44. The molecule has 1 fully saturated rings. The van der Waals surface area contributed by atoms with E-state index in [0.717, 1.165) is 56.0 Å². The second-order valence-corrected chi connectivity index (χ2v) is 8.34. The summed E-state index contributed by atoms with van der Waals surface area (Å²) in [5.74, 6) is 1.87. The van der Waals surface area contributed by atoms with Crippen LogP contribution in [0.15, 0.2) is 30.6 Å². The van der Waals surface area contributed by atoms with Crippen molar-refractivity contribution in [1.82, 2.24) is 20.2 Å². The van der Waals surface area contributed by atoms with Gasteiger partial charge in [-0.15, -0.1) is 0 Å². The molecular formula is C22H28N6O. The number of amides is 1. The third-order valence-corrected chi connectivity index (χ3v) is 6.46. The molecule has 3 aliphatic rings. The molecule has 1 aromatic carbocycles. The van der Waals surface area contributed by atoms with Crippen LogP contribution in [0.2, 0.25) is 0 Å².